The summed E-state index contributed by atoms with van der Waals surface area (Å²) >= 11 is 0. The Kier molecular flexibility index (Phi) is 31.2. The molecule has 0 saturated carbocycles. The number of unbranched alkanes of at least 4 members (excludes halogenated alkanes) is 13. The van der Waals surface area contributed by atoms with Gasteiger partial charge in [0.05, 0.1) is 13.2 Å². The zero-order chi connectivity index (χ0) is 28.5. The van der Waals surface area contributed by atoms with Crippen LogP contribution in [0.2, 0.25) is 0 Å². The van der Waals surface area contributed by atoms with Gasteiger partial charge in [-0.15, -0.1) is 0 Å². The highest BCUT2D eigenvalue weighted by Crippen LogP contribution is 2.11. The molecule has 0 spiro atoms. The van der Waals surface area contributed by atoms with E-state index in [4.69, 9.17) is 9.47 Å². The van der Waals surface area contributed by atoms with Crippen LogP contribution in [0.4, 0.5) is 0 Å². The molecular formula is C35H62O4. The minimum atomic E-state index is -0.531. The molecule has 0 heterocycles. The number of ether oxygens (including phenoxy) is 2. The molecular weight excluding hydrogens is 484 g/mol. The summed E-state index contributed by atoms with van der Waals surface area (Å²) in [6, 6.07) is 0. The quantitative estimate of drug-likeness (QED) is 0.0576. The number of aliphatic hydroxyl groups is 1. The Bertz CT molecular complexity index is 620. The Morgan fingerprint density at radius 3 is 1.74 bits per heavy atom. The molecule has 1 N–H and O–H groups in total. The molecule has 0 saturated heterocycles. The third-order valence-electron chi connectivity index (χ3n) is 6.67. The maximum Gasteiger partial charge on any atom is 0.306 e. The van der Waals surface area contributed by atoms with Gasteiger partial charge >= 0.3 is 5.97 Å². The SMILES string of the molecule is CC/C=C\C/C=C\C/C=C\C/C=C\CCCCCCCCCCCOCC(CO)OC(=O)CCCCCCC. The Hall–Kier alpha value is -1.65. The summed E-state index contributed by atoms with van der Waals surface area (Å²) in [7, 11) is 0. The van der Waals surface area contributed by atoms with Crippen molar-refractivity contribution in [2.24, 2.45) is 0 Å². The third kappa shape index (κ3) is 30.7. The molecule has 0 fully saturated rings. The molecule has 0 bridgehead atoms. The van der Waals surface area contributed by atoms with Crippen LogP contribution in [0, 0.1) is 0 Å². The molecule has 0 aromatic carbocycles. The van der Waals surface area contributed by atoms with Gasteiger partial charge in [0.15, 0.2) is 0 Å². The summed E-state index contributed by atoms with van der Waals surface area (Å²) < 4.78 is 11.0. The van der Waals surface area contributed by atoms with Gasteiger partial charge in [-0.3, -0.25) is 4.79 Å². The number of aliphatic hydroxyl groups excluding tert-OH is 1. The average Bonchev–Trinajstić information content (AvgIpc) is 2.94. The maximum atomic E-state index is 11.9. The van der Waals surface area contributed by atoms with Crippen LogP contribution in [-0.4, -0.2) is 37.0 Å². The Balaban J connectivity index is 3.42. The zero-order valence-electron chi connectivity index (χ0n) is 25.6. The topological polar surface area (TPSA) is 55.8 Å². The Labute approximate surface area is 242 Å². The lowest BCUT2D eigenvalue weighted by atomic mass is 10.1. The van der Waals surface area contributed by atoms with E-state index in [2.05, 4.69) is 62.5 Å². The van der Waals surface area contributed by atoms with Crippen LogP contribution in [0.3, 0.4) is 0 Å². The number of rotatable bonds is 29. The molecule has 0 rings (SSSR count). The van der Waals surface area contributed by atoms with E-state index >= 15 is 0 Å². The van der Waals surface area contributed by atoms with Crippen molar-refractivity contribution in [3.63, 3.8) is 0 Å². The predicted molar refractivity (Wildman–Crippen MR) is 168 cm³/mol. The summed E-state index contributed by atoms with van der Waals surface area (Å²) in [6.07, 6.45) is 40.3. The first-order chi connectivity index (χ1) is 19.2. The lowest BCUT2D eigenvalue weighted by Crippen LogP contribution is -2.27. The molecule has 4 heteroatoms. The second kappa shape index (κ2) is 32.6. The standard InChI is InChI=1S/C35H62O4/c1-3-5-7-9-10-11-12-13-14-15-16-17-18-19-20-21-22-23-24-25-27-29-31-38-33-34(32-36)39-35(37)30-28-26-8-6-4-2/h5,7,10-11,13-14,16-17,34,36H,3-4,6,8-9,12,15,18-33H2,1-2H3/b7-5-,11-10-,14-13-,17-16-. The van der Waals surface area contributed by atoms with Gasteiger partial charge in [0.25, 0.3) is 0 Å². The highest BCUT2D eigenvalue weighted by Gasteiger charge is 2.13. The maximum absolute atomic E-state index is 11.9. The van der Waals surface area contributed by atoms with Crippen LogP contribution in [0.5, 0.6) is 0 Å². The lowest BCUT2D eigenvalue weighted by molar-refractivity contribution is -0.154. The highest BCUT2D eigenvalue weighted by atomic mass is 16.6. The highest BCUT2D eigenvalue weighted by molar-refractivity contribution is 5.69. The molecule has 0 aliphatic heterocycles. The van der Waals surface area contributed by atoms with Crippen LogP contribution in [0.25, 0.3) is 0 Å². The molecule has 0 aliphatic rings. The fourth-order valence-electron chi connectivity index (χ4n) is 4.26. The van der Waals surface area contributed by atoms with Crippen LogP contribution < -0.4 is 0 Å². The minimum absolute atomic E-state index is 0.176. The first-order valence-corrected chi connectivity index (χ1v) is 16.2. The summed E-state index contributed by atoms with van der Waals surface area (Å²) in [5, 5.41) is 9.43. The molecule has 0 aromatic heterocycles. The fourth-order valence-corrected chi connectivity index (χ4v) is 4.26. The van der Waals surface area contributed by atoms with E-state index in [0.717, 1.165) is 44.9 Å². The third-order valence-corrected chi connectivity index (χ3v) is 6.67. The van der Waals surface area contributed by atoms with Gasteiger partial charge in [0.2, 0.25) is 0 Å². The van der Waals surface area contributed by atoms with Gasteiger partial charge in [0, 0.05) is 13.0 Å². The summed E-state index contributed by atoms with van der Waals surface area (Å²) in [4.78, 5) is 11.9. The normalized spacial score (nSPS) is 13.0. The monoisotopic (exact) mass is 546 g/mol. The van der Waals surface area contributed by atoms with Gasteiger partial charge in [-0.05, 0) is 51.4 Å². The molecule has 1 atom stereocenters. The van der Waals surface area contributed by atoms with Crippen LogP contribution in [0.15, 0.2) is 48.6 Å². The van der Waals surface area contributed by atoms with Crippen molar-refractivity contribution in [1.29, 1.82) is 0 Å². The molecule has 39 heavy (non-hydrogen) atoms. The molecule has 4 nitrogen and oxygen atoms in total. The second-order valence-electron chi connectivity index (χ2n) is 10.5. The van der Waals surface area contributed by atoms with Crippen molar-refractivity contribution in [2.45, 2.75) is 148 Å². The number of hydrogen-bond acceptors (Lipinski definition) is 4. The van der Waals surface area contributed by atoms with Gasteiger partial charge < -0.3 is 14.6 Å². The summed E-state index contributed by atoms with van der Waals surface area (Å²) in [5.41, 5.74) is 0. The molecule has 0 radical (unpaired) electrons. The van der Waals surface area contributed by atoms with Crippen LogP contribution in [0.1, 0.15) is 142 Å². The van der Waals surface area contributed by atoms with Gasteiger partial charge in [-0.25, -0.2) is 0 Å². The molecule has 0 amide bonds. The second-order valence-corrected chi connectivity index (χ2v) is 10.5. The van der Waals surface area contributed by atoms with Gasteiger partial charge in [-0.2, -0.15) is 0 Å². The van der Waals surface area contributed by atoms with Crippen LogP contribution >= 0.6 is 0 Å². The fraction of sp³-hybridized carbons (Fsp3) is 0.743. The average molecular weight is 547 g/mol. The lowest BCUT2D eigenvalue weighted by Gasteiger charge is -2.15. The van der Waals surface area contributed by atoms with E-state index in [0.29, 0.717) is 19.6 Å². The Morgan fingerprint density at radius 1 is 0.641 bits per heavy atom. The van der Waals surface area contributed by atoms with E-state index in [1.165, 1.54) is 77.0 Å². The van der Waals surface area contributed by atoms with E-state index in [1.54, 1.807) is 0 Å². The van der Waals surface area contributed by atoms with E-state index in [-0.39, 0.29) is 12.6 Å². The Morgan fingerprint density at radius 2 is 1.15 bits per heavy atom. The minimum Gasteiger partial charge on any atom is -0.457 e. The van der Waals surface area contributed by atoms with Crippen molar-refractivity contribution in [3.8, 4) is 0 Å². The van der Waals surface area contributed by atoms with Gasteiger partial charge in [-0.1, -0.05) is 133 Å². The largest absolute Gasteiger partial charge is 0.457 e. The van der Waals surface area contributed by atoms with Crippen molar-refractivity contribution in [1.82, 2.24) is 0 Å². The number of allylic oxidation sites excluding steroid dienone is 8. The van der Waals surface area contributed by atoms with Crippen molar-refractivity contribution < 1.29 is 19.4 Å². The summed E-state index contributed by atoms with van der Waals surface area (Å²) in [5.74, 6) is -0.219. The molecule has 1 unspecified atom stereocenters. The van der Waals surface area contributed by atoms with E-state index < -0.39 is 6.10 Å². The first kappa shape index (κ1) is 37.4. The number of carbonyl (C=O) groups excluding carboxylic acids is 1. The predicted octanol–water partition coefficient (Wildman–Crippen LogP) is 9.97. The van der Waals surface area contributed by atoms with Crippen molar-refractivity contribution in [3.05, 3.63) is 48.6 Å². The van der Waals surface area contributed by atoms with E-state index in [9.17, 15) is 9.90 Å². The summed E-state index contributed by atoms with van der Waals surface area (Å²) in [6.45, 7) is 5.13. The smallest absolute Gasteiger partial charge is 0.306 e. The molecule has 226 valence electrons. The van der Waals surface area contributed by atoms with E-state index in [1.807, 2.05) is 0 Å². The van der Waals surface area contributed by atoms with Crippen LogP contribution in [-0.2, 0) is 14.3 Å². The number of carbonyl (C=O) groups is 1. The number of esters is 1. The number of hydrogen-bond donors (Lipinski definition) is 1. The van der Waals surface area contributed by atoms with Crippen molar-refractivity contribution in [2.75, 3.05) is 19.8 Å². The first-order valence-electron chi connectivity index (χ1n) is 16.2. The van der Waals surface area contributed by atoms with Crippen molar-refractivity contribution >= 4 is 5.97 Å². The molecule has 0 aliphatic carbocycles. The van der Waals surface area contributed by atoms with Gasteiger partial charge in [0.1, 0.15) is 6.10 Å². The molecule has 0 aromatic rings. The zero-order valence-corrected chi connectivity index (χ0v) is 25.6.